The largest absolute Gasteiger partial charge is 0.223 e. The first-order valence-electron chi connectivity index (χ1n) is 6.61. The van der Waals surface area contributed by atoms with E-state index in [0.717, 1.165) is 31.2 Å². The van der Waals surface area contributed by atoms with Crippen molar-refractivity contribution < 1.29 is 8.42 Å². The smallest absolute Gasteiger partial charge is 0.182 e. The molecule has 0 aliphatic heterocycles. The Morgan fingerprint density at radius 1 is 1.05 bits per heavy atom. The van der Waals surface area contributed by atoms with Crippen LogP contribution < -0.4 is 0 Å². The highest BCUT2D eigenvalue weighted by molar-refractivity contribution is 14.1. The van der Waals surface area contributed by atoms with Crippen LogP contribution in [0.3, 0.4) is 0 Å². The fourth-order valence-electron chi connectivity index (χ4n) is 2.37. The van der Waals surface area contributed by atoms with Gasteiger partial charge in [-0.05, 0) is 44.7 Å². The molecule has 19 heavy (non-hydrogen) atoms. The second kappa shape index (κ2) is 6.39. The first kappa shape index (κ1) is 15.0. The van der Waals surface area contributed by atoms with Gasteiger partial charge in [0.25, 0.3) is 0 Å². The molecule has 0 bridgehead atoms. The van der Waals surface area contributed by atoms with Crippen LogP contribution in [0.1, 0.15) is 31.2 Å². The van der Waals surface area contributed by atoms with Gasteiger partial charge in [-0.3, -0.25) is 0 Å². The number of hydrogen-bond acceptors (Lipinski definition) is 2. The van der Waals surface area contributed by atoms with Gasteiger partial charge < -0.3 is 0 Å². The van der Waals surface area contributed by atoms with Crippen LogP contribution in [0.15, 0.2) is 41.3 Å². The van der Waals surface area contributed by atoms with Crippen molar-refractivity contribution in [2.45, 2.75) is 46.7 Å². The number of halogens is 1. The van der Waals surface area contributed by atoms with Crippen molar-refractivity contribution >= 4 is 32.4 Å². The van der Waals surface area contributed by atoms with E-state index in [1.807, 2.05) is 19.1 Å². The average molecular weight is 390 g/mol. The number of allylic oxidation sites excluding steroid dienone is 2. The summed E-state index contributed by atoms with van der Waals surface area (Å²) in [6, 6.07) is 7.22. The number of hydrogen-bond donors (Lipinski definition) is 0. The molecule has 0 radical (unpaired) electrons. The standard InChI is InChI=1S/C15H19IO2S/c1-12-8-10-13(11-9-12)19(17,18)15-7-5-3-2-4-6-14(15)16/h2-3,8-11,14-15H,4-7H2,1H3/t14-,15+/m0/s1. The Morgan fingerprint density at radius 2 is 1.63 bits per heavy atom. The number of aryl methyl sites for hydroxylation is 1. The Kier molecular flexibility index (Phi) is 5.06. The lowest BCUT2D eigenvalue weighted by molar-refractivity contribution is 0.560. The normalized spacial score (nSPS) is 24.7. The molecule has 0 saturated carbocycles. The zero-order valence-electron chi connectivity index (χ0n) is 11.0. The van der Waals surface area contributed by atoms with Crippen molar-refractivity contribution in [2.24, 2.45) is 0 Å². The molecule has 4 heteroatoms. The molecule has 0 unspecified atom stereocenters. The summed E-state index contributed by atoms with van der Waals surface area (Å²) in [7, 11) is -3.21. The van der Waals surface area contributed by atoms with E-state index in [2.05, 4.69) is 34.7 Å². The molecule has 0 fully saturated rings. The Bertz CT molecular complexity index is 546. The van der Waals surface area contributed by atoms with E-state index < -0.39 is 9.84 Å². The Labute approximate surface area is 129 Å². The van der Waals surface area contributed by atoms with Gasteiger partial charge in [0.1, 0.15) is 0 Å². The van der Waals surface area contributed by atoms with Crippen LogP contribution in [0.4, 0.5) is 0 Å². The third kappa shape index (κ3) is 3.60. The van der Waals surface area contributed by atoms with E-state index in [4.69, 9.17) is 0 Å². The quantitative estimate of drug-likeness (QED) is 0.434. The third-order valence-corrected chi connectivity index (χ3v) is 7.81. The molecule has 104 valence electrons. The molecule has 0 heterocycles. The van der Waals surface area contributed by atoms with Gasteiger partial charge in [-0.25, -0.2) is 8.42 Å². The predicted molar refractivity (Wildman–Crippen MR) is 87.6 cm³/mol. The maximum absolute atomic E-state index is 12.7. The molecule has 0 spiro atoms. The summed E-state index contributed by atoms with van der Waals surface area (Å²) in [4.78, 5) is 0.467. The van der Waals surface area contributed by atoms with Crippen molar-refractivity contribution in [1.29, 1.82) is 0 Å². The van der Waals surface area contributed by atoms with E-state index in [0.29, 0.717) is 4.90 Å². The lowest BCUT2D eigenvalue weighted by Gasteiger charge is -2.23. The summed E-state index contributed by atoms with van der Waals surface area (Å²) in [6.45, 7) is 1.97. The molecule has 0 amide bonds. The summed E-state index contributed by atoms with van der Waals surface area (Å²) < 4.78 is 25.7. The minimum atomic E-state index is -3.21. The van der Waals surface area contributed by atoms with Gasteiger partial charge in [-0.1, -0.05) is 52.4 Å². The number of benzene rings is 1. The molecular weight excluding hydrogens is 371 g/mol. The topological polar surface area (TPSA) is 34.1 Å². The summed E-state index contributed by atoms with van der Waals surface area (Å²) in [5, 5.41) is -0.263. The minimum Gasteiger partial charge on any atom is -0.223 e. The molecular formula is C15H19IO2S. The monoisotopic (exact) mass is 390 g/mol. The van der Waals surface area contributed by atoms with Gasteiger partial charge in [0, 0.05) is 3.92 Å². The lowest BCUT2D eigenvalue weighted by Crippen LogP contribution is -2.31. The van der Waals surface area contributed by atoms with Crippen LogP contribution in [0.25, 0.3) is 0 Å². The minimum absolute atomic E-state index is 0.189. The molecule has 0 aromatic heterocycles. The summed E-state index contributed by atoms with van der Waals surface area (Å²) in [6.07, 6.45) is 7.77. The van der Waals surface area contributed by atoms with Gasteiger partial charge in [-0.15, -0.1) is 0 Å². The molecule has 2 nitrogen and oxygen atoms in total. The summed E-state index contributed by atoms with van der Waals surface area (Å²) >= 11 is 2.31. The van der Waals surface area contributed by atoms with E-state index in [-0.39, 0.29) is 9.17 Å². The van der Waals surface area contributed by atoms with E-state index >= 15 is 0 Å². The summed E-state index contributed by atoms with van der Waals surface area (Å²) in [5.74, 6) is 0. The van der Waals surface area contributed by atoms with Crippen molar-refractivity contribution in [2.75, 3.05) is 0 Å². The van der Waals surface area contributed by atoms with E-state index in [1.54, 1.807) is 12.1 Å². The van der Waals surface area contributed by atoms with Crippen molar-refractivity contribution in [3.8, 4) is 0 Å². The number of rotatable bonds is 2. The zero-order valence-corrected chi connectivity index (χ0v) is 14.0. The van der Waals surface area contributed by atoms with Gasteiger partial charge in [0.05, 0.1) is 10.1 Å². The SMILES string of the molecule is Cc1ccc(S(=O)(=O)[C@@H]2CCC=CCC[C@@H]2I)cc1. The maximum atomic E-state index is 12.7. The Morgan fingerprint density at radius 3 is 2.26 bits per heavy atom. The second-order valence-electron chi connectivity index (χ2n) is 5.04. The highest BCUT2D eigenvalue weighted by atomic mass is 127. The molecule has 1 aliphatic rings. The number of alkyl halides is 1. The zero-order chi connectivity index (χ0) is 13.9. The van der Waals surface area contributed by atoms with Gasteiger partial charge in [-0.2, -0.15) is 0 Å². The number of sulfone groups is 1. The molecule has 2 atom stereocenters. The van der Waals surface area contributed by atoms with E-state index in [9.17, 15) is 8.42 Å². The third-order valence-electron chi connectivity index (χ3n) is 3.55. The van der Waals surface area contributed by atoms with Gasteiger partial charge in [0.15, 0.2) is 9.84 Å². The highest BCUT2D eigenvalue weighted by Crippen LogP contribution is 2.30. The van der Waals surface area contributed by atoms with Crippen LogP contribution in [0.5, 0.6) is 0 Å². The van der Waals surface area contributed by atoms with Crippen LogP contribution in [0, 0.1) is 6.92 Å². The van der Waals surface area contributed by atoms with Gasteiger partial charge >= 0.3 is 0 Å². The molecule has 0 saturated heterocycles. The van der Waals surface area contributed by atoms with Gasteiger partial charge in [0.2, 0.25) is 0 Å². The molecule has 0 N–H and O–H groups in total. The first-order chi connectivity index (χ1) is 9.01. The van der Waals surface area contributed by atoms with Crippen molar-refractivity contribution in [3.05, 3.63) is 42.0 Å². The first-order valence-corrected chi connectivity index (χ1v) is 9.40. The fraction of sp³-hybridized carbons (Fsp3) is 0.467. The van der Waals surface area contributed by atoms with Crippen LogP contribution in [-0.4, -0.2) is 17.6 Å². The van der Waals surface area contributed by atoms with Crippen LogP contribution >= 0.6 is 22.6 Å². The Balaban J connectivity index is 2.31. The lowest BCUT2D eigenvalue weighted by atomic mass is 10.1. The molecule has 1 aliphatic carbocycles. The summed E-state index contributed by atoms with van der Waals surface area (Å²) in [5.41, 5.74) is 1.09. The second-order valence-corrected chi connectivity index (χ2v) is 8.81. The van der Waals surface area contributed by atoms with Crippen molar-refractivity contribution in [3.63, 3.8) is 0 Å². The Hall–Kier alpha value is -0.360. The fourth-order valence-corrected chi connectivity index (χ4v) is 6.09. The van der Waals surface area contributed by atoms with Crippen LogP contribution in [0.2, 0.25) is 0 Å². The molecule has 1 aromatic carbocycles. The van der Waals surface area contributed by atoms with E-state index in [1.165, 1.54) is 0 Å². The average Bonchev–Trinajstić information content (AvgIpc) is 2.34. The highest BCUT2D eigenvalue weighted by Gasteiger charge is 2.32. The maximum Gasteiger partial charge on any atom is 0.182 e. The predicted octanol–water partition coefficient (Wildman–Crippen LogP) is 4.07. The van der Waals surface area contributed by atoms with Crippen molar-refractivity contribution in [1.82, 2.24) is 0 Å². The molecule has 2 rings (SSSR count). The molecule has 1 aromatic rings. The van der Waals surface area contributed by atoms with Crippen LogP contribution in [-0.2, 0) is 9.84 Å².